The summed E-state index contributed by atoms with van der Waals surface area (Å²) in [5, 5.41) is 8.36. The van der Waals surface area contributed by atoms with Crippen molar-refractivity contribution in [2.24, 2.45) is 13.0 Å². The lowest BCUT2D eigenvalue weighted by atomic mass is 10.2. The van der Waals surface area contributed by atoms with Gasteiger partial charge in [-0.1, -0.05) is 25.6 Å². The molecule has 0 aliphatic carbocycles. The number of rotatable bonds is 6. The molecule has 0 fully saturated rings. The van der Waals surface area contributed by atoms with E-state index in [-0.39, 0.29) is 0 Å². The molecule has 0 bridgehead atoms. The van der Waals surface area contributed by atoms with E-state index in [2.05, 4.69) is 29.2 Å². The summed E-state index contributed by atoms with van der Waals surface area (Å²) in [6.07, 6.45) is 1.59. The van der Waals surface area contributed by atoms with Crippen LogP contribution in [0.2, 0.25) is 0 Å². The minimum absolute atomic E-state index is 0.664. The smallest absolute Gasteiger partial charge is 0.185 e. The highest BCUT2D eigenvalue weighted by atomic mass is 32.2. The van der Waals surface area contributed by atoms with Gasteiger partial charge in [0.15, 0.2) is 5.16 Å². The van der Waals surface area contributed by atoms with Crippen LogP contribution in [-0.2, 0) is 7.05 Å². The summed E-state index contributed by atoms with van der Waals surface area (Å²) in [6, 6.07) is 0. The van der Waals surface area contributed by atoms with E-state index in [4.69, 9.17) is 0 Å². The molecular formula is C9H18N4S. The van der Waals surface area contributed by atoms with E-state index in [1.54, 1.807) is 18.1 Å². The molecule has 1 aromatic heterocycles. The molecule has 0 aliphatic heterocycles. The second kappa shape index (κ2) is 6.03. The lowest BCUT2D eigenvalue weighted by Gasteiger charge is -2.10. The molecule has 0 aromatic carbocycles. The normalized spacial score (nSPS) is 13.1. The molecule has 1 unspecified atom stereocenters. The van der Waals surface area contributed by atoms with Crippen molar-refractivity contribution in [3.05, 3.63) is 6.33 Å². The van der Waals surface area contributed by atoms with E-state index in [1.807, 2.05) is 11.7 Å². The zero-order valence-corrected chi connectivity index (χ0v) is 9.84. The number of hydrogen-bond acceptors (Lipinski definition) is 4. The first-order valence-electron chi connectivity index (χ1n) is 4.91. The number of nitrogens with zero attached hydrogens (tertiary/aromatic N) is 3. The van der Waals surface area contributed by atoms with E-state index in [0.29, 0.717) is 5.92 Å². The lowest BCUT2D eigenvalue weighted by Crippen LogP contribution is -2.21. The average Bonchev–Trinajstić information content (AvgIpc) is 2.58. The summed E-state index contributed by atoms with van der Waals surface area (Å²) in [6.45, 7) is 6.48. The van der Waals surface area contributed by atoms with Crippen LogP contribution in [0.5, 0.6) is 0 Å². The Morgan fingerprint density at radius 2 is 2.43 bits per heavy atom. The SMILES string of the molecule is CCNCC(C)CSc1ncnn1C. The Morgan fingerprint density at radius 1 is 1.64 bits per heavy atom. The van der Waals surface area contributed by atoms with Gasteiger partial charge in [-0.2, -0.15) is 5.10 Å². The molecule has 1 atom stereocenters. The van der Waals surface area contributed by atoms with Crippen LogP contribution in [0.3, 0.4) is 0 Å². The molecule has 0 aliphatic rings. The first-order chi connectivity index (χ1) is 6.74. The van der Waals surface area contributed by atoms with E-state index >= 15 is 0 Å². The predicted molar refractivity (Wildman–Crippen MR) is 59.4 cm³/mol. The van der Waals surface area contributed by atoms with Crippen LogP contribution in [0.25, 0.3) is 0 Å². The molecule has 4 nitrogen and oxygen atoms in total. The third-order valence-corrected chi connectivity index (χ3v) is 3.27. The van der Waals surface area contributed by atoms with Gasteiger partial charge in [0, 0.05) is 12.8 Å². The van der Waals surface area contributed by atoms with Gasteiger partial charge in [-0.05, 0) is 19.0 Å². The van der Waals surface area contributed by atoms with Crippen LogP contribution >= 0.6 is 11.8 Å². The fourth-order valence-corrected chi connectivity index (χ4v) is 1.99. The molecule has 0 spiro atoms. The van der Waals surface area contributed by atoms with Crippen LogP contribution in [0.4, 0.5) is 0 Å². The highest BCUT2D eigenvalue weighted by Gasteiger charge is 2.05. The number of aromatic nitrogens is 3. The molecule has 0 radical (unpaired) electrons. The van der Waals surface area contributed by atoms with E-state index in [9.17, 15) is 0 Å². The van der Waals surface area contributed by atoms with Gasteiger partial charge in [0.25, 0.3) is 0 Å². The fourth-order valence-electron chi connectivity index (χ4n) is 1.08. The van der Waals surface area contributed by atoms with Crippen molar-refractivity contribution in [1.29, 1.82) is 0 Å². The van der Waals surface area contributed by atoms with Crippen molar-refractivity contribution >= 4 is 11.8 Å². The van der Waals surface area contributed by atoms with Gasteiger partial charge in [0.2, 0.25) is 0 Å². The van der Waals surface area contributed by atoms with Crippen LogP contribution in [-0.4, -0.2) is 33.6 Å². The van der Waals surface area contributed by atoms with Crippen molar-refractivity contribution in [1.82, 2.24) is 20.1 Å². The van der Waals surface area contributed by atoms with Gasteiger partial charge in [-0.15, -0.1) is 0 Å². The van der Waals surface area contributed by atoms with E-state index < -0.39 is 0 Å². The molecule has 5 heteroatoms. The zero-order chi connectivity index (χ0) is 10.4. The Hall–Kier alpha value is -0.550. The topological polar surface area (TPSA) is 42.7 Å². The van der Waals surface area contributed by atoms with Crippen LogP contribution < -0.4 is 5.32 Å². The van der Waals surface area contributed by atoms with Gasteiger partial charge >= 0.3 is 0 Å². The van der Waals surface area contributed by atoms with Crippen LogP contribution in [0.1, 0.15) is 13.8 Å². The van der Waals surface area contributed by atoms with Gasteiger partial charge in [-0.3, -0.25) is 0 Å². The molecule has 0 saturated heterocycles. The maximum absolute atomic E-state index is 4.16. The molecule has 1 heterocycles. The van der Waals surface area contributed by atoms with Gasteiger partial charge in [-0.25, -0.2) is 9.67 Å². The van der Waals surface area contributed by atoms with Crippen LogP contribution in [0.15, 0.2) is 11.5 Å². The minimum atomic E-state index is 0.664. The number of nitrogens with one attached hydrogen (secondary N) is 1. The molecule has 1 aromatic rings. The first kappa shape index (κ1) is 11.5. The Balaban J connectivity index is 2.23. The van der Waals surface area contributed by atoms with Crippen molar-refractivity contribution in [2.75, 3.05) is 18.8 Å². The van der Waals surface area contributed by atoms with Crippen molar-refractivity contribution < 1.29 is 0 Å². The second-order valence-electron chi connectivity index (χ2n) is 3.39. The summed E-state index contributed by atoms with van der Waals surface area (Å²) in [7, 11) is 1.92. The third-order valence-electron chi connectivity index (χ3n) is 1.91. The maximum atomic E-state index is 4.16. The number of aryl methyl sites for hydroxylation is 1. The van der Waals surface area contributed by atoms with Crippen molar-refractivity contribution in [2.45, 2.75) is 19.0 Å². The molecule has 0 saturated carbocycles. The Labute approximate surface area is 89.5 Å². The van der Waals surface area contributed by atoms with Gasteiger partial charge in [0.1, 0.15) is 6.33 Å². The summed E-state index contributed by atoms with van der Waals surface area (Å²) >= 11 is 1.76. The molecule has 1 N–H and O–H groups in total. The average molecular weight is 214 g/mol. The van der Waals surface area contributed by atoms with Gasteiger partial charge in [0.05, 0.1) is 0 Å². The Bertz CT molecular complexity index is 261. The molecule has 80 valence electrons. The molecular weight excluding hydrogens is 196 g/mol. The third kappa shape index (κ3) is 3.67. The highest BCUT2D eigenvalue weighted by Crippen LogP contribution is 2.16. The Morgan fingerprint density at radius 3 is 3.00 bits per heavy atom. The lowest BCUT2D eigenvalue weighted by molar-refractivity contribution is 0.572. The zero-order valence-electron chi connectivity index (χ0n) is 9.03. The number of hydrogen-bond donors (Lipinski definition) is 1. The maximum Gasteiger partial charge on any atom is 0.185 e. The number of thioether (sulfide) groups is 1. The quantitative estimate of drug-likeness (QED) is 0.721. The minimum Gasteiger partial charge on any atom is -0.317 e. The summed E-state index contributed by atoms with van der Waals surface area (Å²) in [5.41, 5.74) is 0. The van der Waals surface area contributed by atoms with E-state index in [0.717, 1.165) is 24.0 Å². The van der Waals surface area contributed by atoms with Crippen LogP contribution in [0, 0.1) is 5.92 Å². The monoisotopic (exact) mass is 214 g/mol. The highest BCUT2D eigenvalue weighted by molar-refractivity contribution is 7.99. The van der Waals surface area contributed by atoms with Crippen molar-refractivity contribution in [3.8, 4) is 0 Å². The molecule has 1 rings (SSSR count). The summed E-state index contributed by atoms with van der Waals surface area (Å²) in [4.78, 5) is 4.16. The Kier molecular flexibility index (Phi) is 4.97. The standard InChI is InChI=1S/C9H18N4S/c1-4-10-5-8(2)6-14-9-11-7-12-13(9)3/h7-8,10H,4-6H2,1-3H3. The summed E-state index contributed by atoms with van der Waals surface area (Å²) < 4.78 is 1.81. The van der Waals surface area contributed by atoms with E-state index in [1.165, 1.54) is 0 Å². The van der Waals surface area contributed by atoms with Crippen molar-refractivity contribution in [3.63, 3.8) is 0 Å². The van der Waals surface area contributed by atoms with Gasteiger partial charge < -0.3 is 5.32 Å². The molecule has 0 amide bonds. The first-order valence-corrected chi connectivity index (χ1v) is 5.90. The fraction of sp³-hybridized carbons (Fsp3) is 0.778. The molecule has 14 heavy (non-hydrogen) atoms. The predicted octanol–water partition coefficient (Wildman–Crippen LogP) is 1.15. The summed E-state index contributed by atoms with van der Waals surface area (Å²) in [5.74, 6) is 1.75. The second-order valence-corrected chi connectivity index (χ2v) is 4.38. The largest absolute Gasteiger partial charge is 0.317 e.